The van der Waals surface area contributed by atoms with Gasteiger partial charge in [0.05, 0.1) is 0 Å². The van der Waals surface area contributed by atoms with Crippen LogP contribution in [0.15, 0.2) is 84.9 Å². The van der Waals surface area contributed by atoms with Crippen molar-refractivity contribution in [2.24, 2.45) is 0 Å². The molecule has 0 bridgehead atoms. The van der Waals surface area contributed by atoms with Crippen molar-refractivity contribution in [3.05, 3.63) is 99.2 Å². The Hall–Kier alpha value is -0.880. The molecule has 0 saturated heterocycles. The molecule has 0 unspecified atom stereocenters. The first-order valence-electron chi connectivity index (χ1n) is 6.40. The van der Waals surface area contributed by atoms with E-state index in [2.05, 4.69) is 84.9 Å². The quantitative estimate of drug-likeness (QED) is 0.375. The molecule has 0 fully saturated rings. The SMILES string of the molecule is c1ccc([I-]c2ccc([I-]c3ccccc3)cc2)cc1. The number of benzene rings is 3. The predicted molar refractivity (Wildman–Crippen MR) is 74.1 cm³/mol. The van der Waals surface area contributed by atoms with Gasteiger partial charge in [0.15, 0.2) is 0 Å². The maximum absolute atomic E-state index is 2.32. The van der Waals surface area contributed by atoms with E-state index in [-0.39, 0.29) is 42.4 Å². The van der Waals surface area contributed by atoms with Crippen molar-refractivity contribution in [2.75, 3.05) is 0 Å². The molecule has 0 radical (unpaired) electrons. The van der Waals surface area contributed by atoms with Crippen molar-refractivity contribution >= 4 is 0 Å². The van der Waals surface area contributed by atoms with Crippen LogP contribution in [0.4, 0.5) is 0 Å². The zero-order chi connectivity index (χ0) is 13.6. The van der Waals surface area contributed by atoms with Gasteiger partial charge in [-0.15, -0.1) is 0 Å². The van der Waals surface area contributed by atoms with Gasteiger partial charge in [0.1, 0.15) is 0 Å². The third-order valence-corrected chi connectivity index (χ3v) is 8.07. The summed E-state index contributed by atoms with van der Waals surface area (Å²) in [6.45, 7) is 0. The van der Waals surface area contributed by atoms with Crippen molar-refractivity contribution < 1.29 is 42.4 Å². The van der Waals surface area contributed by atoms with Crippen LogP contribution in [0.3, 0.4) is 0 Å². The summed E-state index contributed by atoms with van der Waals surface area (Å²) in [5.74, 6) is 0. The van der Waals surface area contributed by atoms with E-state index >= 15 is 0 Å². The zero-order valence-electron chi connectivity index (χ0n) is 10.8. The summed E-state index contributed by atoms with van der Waals surface area (Å²) in [5.41, 5.74) is 0. The Kier molecular flexibility index (Phi) is 5.08. The van der Waals surface area contributed by atoms with Gasteiger partial charge in [0, 0.05) is 0 Å². The molecule has 0 aliphatic carbocycles. The molecule has 2 heteroatoms. The predicted octanol–water partition coefficient (Wildman–Crippen LogP) is -2.06. The van der Waals surface area contributed by atoms with Gasteiger partial charge in [-0.1, -0.05) is 0 Å². The monoisotopic (exact) mass is 484 g/mol. The molecular formula is C18H14I2-2. The fourth-order valence-electron chi connectivity index (χ4n) is 1.76. The number of halogens is 2. The van der Waals surface area contributed by atoms with Crippen LogP contribution in [0.2, 0.25) is 0 Å². The van der Waals surface area contributed by atoms with E-state index in [4.69, 9.17) is 0 Å². The summed E-state index contributed by atoms with van der Waals surface area (Å²) in [6, 6.07) is 30.9. The molecule has 0 aliphatic rings. The number of rotatable bonds is 4. The molecule has 3 aromatic rings. The number of hydrogen-bond acceptors (Lipinski definition) is 0. The van der Waals surface area contributed by atoms with E-state index in [0.717, 1.165) is 0 Å². The van der Waals surface area contributed by atoms with E-state index in [1.165, 1.54) is 14.3 Å². The Bertz CT molecular complexity index is 586. The molecule has 0 spiro atoms. The van der Waals surface area contributed by atoms with E-state index in [1.54, 1.807) is 0 Å². The molecule has 102 valence electrons. The summed E-state index contributed by atoms with van der Waals surface area (Å²) < 4.78 is 5.96. The summed E-state index contributed by atoms with van der Waals surface area (Å²) in [6.07, 6.45) is 0. The van der Waals surface area contributed by atoms with E-state index in [9.17, 15) is 0 Å². The fraction of sp³-hybridized carbons (Fsp3) is 0. The minimum absolute atomic E-state index is 0.0323. The molecule has 0 amide bonds. The van der Waals surface area contributed by atoms with Gasteiger partial charge in [-0.3, -0.25) is 0 Å². The van der Waals surface area contributed by atoms with Gasteiger partial charge in [-0.25, -0.2) is 0 Å². The molecule has 0 nitrogen and oxygen atoms in total. The van der Waals surface area contributed by atoms with Crippen molar-refractivity contribution in [1.29, 1.82) is 0 Å². The first-order valence-corrected chi connectivity index (χ1v) is 10.7. The van der Waals surface area contributed by atoms with Crippen LogP contribution in [0.1, 0.15) is 0 Å². The minimum atomic E-state index is -0.0323. The molecule has 3 aromatic carbocycles. The van der Waals surface area contributed by atoms with Gasteiger partial charge in [0.25, 0.3) is 0 Å². The van der Waals surface area contributed by atoms with Crippen LogP contribution in [-0.2, 0) is 0 Å². The average Bonchev–Trinajstić information content (AvgIpc) is 2.51. The Morgan fingerprint density at radius 2 is 0.650 bits per heavy atom. The Balaban J connectivity index is 1.69. The summed E-state index contributed by atoms with van der Waals surface area (Å²) in [4.78, 5) is 0. The summed E-state index contributed by atoms with van der Waals surface area (Å²) >= 11 is -0.0647. The van der Waals surface area contributed by atoms with Crippen LogP contribution in [0.25, 0.3) is 0 Å². The molecule has 0 aromatic heterocycles. The molecular weight excluding hydrogens is 470 g/mol. The first kappa shape index (κ1) is 14.1. The molecule has 0 aliphatic heterocycles. The zero-order valence-corrected chi connectivity index (χ0v) is 15.2. The summed E-state index contributed by atoms with van der Waals surface area (Å²) in [5, 5.41) is 0. The van der Waals surface area contributed by atoms with Crippen LogP contribution >= 0.6 is 0 Å². The third-order valence-electron chi connectivity index (χ3n) is 2.71. The molecule has 0 N–H and O–H groups in total. The Labute approximate surface area is 140 Å². The number of hydrogen-bond donors (Lipinski definition) is 0. The van der Waals surface area contributed by atoms with Gasteiger partial charge in [-0.2, -0.15) is 0 Å². The topological polar surface area (TPSA) is 0 Å². The van der Waals surface area contributed by atoms with Crippen LogP contribution in [-0.4, -0.2) is 0 Å². The van der Waals surface area contributed by atoms with Gasteiger partial charge < -0.3 is 0 Å². The van der Waals surface area contributed by atoms with E-state index < -0.39 is 0 Å². The van der Waals surface area contributed by atoms with E-state index in [0.29, 0.717) is 0 Å². The second kappa shape index (κ2) is 7.22. The van der Waals surface area contributed by atoms with Crippen molar-refractivity contribution in [3.63, 3.8) is 0 Å². The van der Waals surface area contributed by atoms with Crippen LogP contribution in [0.5, 0.6) is 0 Å². The molecule has 0 atom stereocenters. The Morgan fingerprint density at radius 3 is 1.00 bits per heavy atom. The van der Waals surface area contributed by atoms with Crippen molar-refractivity contribution in [2.45, 2.75) is 0 Å². The Morgan fingerprint density at radius 1 is 0.350 bits per heavy atom. The molecule has 3 rings (SSSR count). The third kappa shape index (κ3) is 4.06. The first-order chi connectivity index (χ1) is 9.90. The maximum atomic E-state index is 2.32. The van der Waals surface area contributed by atoms with Gasteiger partial charge in [0.2, 0.25) is 0 Å². The standard InChI is InChI=1S/C18H14I2/c1-3-7-15(8-4-1)19-17-11-13-18(14-12-17)20-16-9-5-2-6-10-16/h1-14H/q-2. The van der Waals surface area contributed by atoms with Crippen molar-refractivity contribution in [3.8, 4) is 0 Å². The molecule has 0 saturated carbocycles. The van der Waals surface area contributed by atoms with Crippen molar-refractivity contribution in [1.82, 2.24) is 0 Å². The average molecular weight is 484 g/mol. The van der Waals surface area contributed by atoms with E-state index in [1.807, 2.05) is 0 Å². The fourth-order valence-corrected chi connectivity index (χ4v) is 6.19. The normalized spacial score (nSPS) is 10.8. The van der Waals surface area contributed by atoms with Gasteiger partial charge in [-0.05, 0) is 0 Å². The second-order valence-corrected chi connectivity index (χ2v) is 10.3. The molecule has 20 heavy (non-hydrogen) atoms. The summed E-state index contributed by atoms with van der Waals surface area (Å²) in [7, 11) is 0. The van der Waals surface area contributed by atoms with Crippen LogP contribution < -0.4 is 42.4 Å². The van der Waals surface area contributed by atoms with Crippen LogP contribution in [0, 0.1) is 14.3 Å². The second-order valence-electron chi connectivity index (χ2n) is 4.22. The molecule has 0 heterocycles. The van der Waals surface area contributed by atoms with Gasteiger partial charge >= 0.3 is 142 Å².